The third-order valence-electron chi connectivity index (χ3n) is 4.88. The maximum atomic E-state index is 2.43. The van der Waals surface area contributed by atoms with Crippen LogP contribution in [0.3, 0.4) is 0 Å². The molecule has 0 N–H and O–H groups in total. The zero-order valence-electron chi connectivity index (χ0n) is 11.4. The quantitative estimate of drug-likeness (QED) is 0.685. The van der Waals surface area contributed by atoms with E-state index < -0.39 is 0 Å². The molecule has 0 bridgehead atoms. The predicted octanol–water partition coefficient (Wildman–Crippen LogP) is 5.07. The Labute approximate surface area is 115 Å². The van der Waals surface area contributed by atoms with Crippen LogP contribution in [0, 0.1) is 5.92 Å². The molecule has 0 aliphatic heterocycles. The first kappa shape index (κ1) is 11.3. The number of rotatable bonds is 2. The molecule has 0 radical (unpaired) electrons. The Bertz CT molecular complexity index is 598. The van der Waals surface area contributed by atoms with Gasteiger partial charge in [0.1, 0.15) is 0 Å². The van der Waals surface area contributed by atoms with Crippen molar-refractivity contribution in [2.45, 2.75) is 38.5 Å². The van der Waals surface area contributed by atoms with Gasteiger partial charge in [-0.2, -0.15) is 0 Å². The van der Waals surface area contributed by atoms with Crippen LogP contribution in [0.25, 0.3) is 6.08 Å². The van der Waals surface area contributed by atoms with Crippen molar-refractivity contribution in [2.24, 2.45) is 5.92 Å². The number of fused-ring (bicyclic) bond motifs is 1. The van der Waals surface area contributed by atoms with Crippen LogP contribution in [0.5, 0.6) is 0 Å². The standard InChI is InChI=1S/C19H20/c1-2-6-17-12-14(11-16(17)5-1)13-18-9-3-7-15-8-4-10-19(15)18/h1-2,4-6,10-11,18H,3,7-9,12-13H2. The van der Waals surface area contributed by atoms with Crippen molar-refractivity contribution in [1.29, 1.82) is 0 Å². The van der Waals surface area contributed by atoms with Crippen LogP contribution in [-0.4, -0.2) is 0 Å². The molecule has 1 aromatic rings. The highest BCUT2D eigenvalue weighted by molar-refractivity contribution is 5.63. The Balaban J connectivity index is 1.55. The molecule has 1 atom stereocenters. The first-order chi connectivity index (χ1) is 9.40. The van der Waals surface area contributed by atoms with E-state index in [2.05, 4.69) is 42.5 Å². The molecule has 0 amide bonds. The summed E-state index contributed by atoms with van der Waals surface area (Å²) in [6.45, 7) is 0. The van der Waals surface area contributed by atoms with Gasteiger partial charge >= 0.3 is 0 Å². The van der Waals surface area contributed by atoms with Crippen LogP contribution < -0.4 is 0 Å². The predicted molar refractivity (Wildman–Crippen MR) is 80.9 cm³/mol. The van der Waals surface area contributed by atoms with Gasteiger partial charge in [0.05, 0.1) is 0 Å². The lowest BCUT2D eigenvalue weighted by atomic mass is 9.80. The molecule has 0 fully saturated rings. The van der Waals surface area contributed by atoms with Gasteiger partial charge in [-0.3, -0.25) is 0 Å². The fourth-order valence-corrected chi connectivity index (χ4v) is 3.96. The Morgan fingerprint density at radius 1 is 1.16 bits per heavy atom. The first-order valence-corrected chi connectivity index (χ1v) is 7.56. The van der Waals surface area contributed by atoms with E-state index in [1.54, 1.807) is 16.7 Å². The summed E-state index contributed by atoms with van der Waals surface area (Å²) in [6, 6.07) is 8.85. The van der Waals surface area contributed by atoms with E-state index in [9.17, 15) is 0 Å². The van der Waals surface area contributed by atoms with Crippen LogP contribution in [0.1, 0.15) is 43.2 Å². The highest BCUT2D eigenvalue weighted by atomic mass is 14.3. The maximum absolute atomic E-state index is 2.43. The van der Waals surface area contributed by atoms with Gasteiger partial charge in [0.25, 0.3) is 0 Å². The van der Waals surface area contributed by atoms with Crippen molar-refractivity contribution in [3.8, 4) is 0 Å². The summed E-state index contributed by atoms with van der Waals surface area (Å²) in [5.74, 6) is 0.795. The largest absolute Gasteiger partial charge is 0.0802 e. The molecule has 0 heterocycles. The lowest BCUT2D eigenvalue weighted by molar-refractivity contribution is 0.503. The van der Waals surface area contributed by atoms with Crippen LogP contribution in [-0.2, 0) is 6.42 Å². The van der Waals surface area contributed by atoms with Crippen molar-refractivity contribution >= 4 is 6.08 Å². The van der Waals surface area contributed by atoms with Crippen LogP contribution in [0.2, 0.25) is 0 Å². The minimum Gasteiger partial charge on any atom is -0.0802 e. The lowest BCUT2D eigenvalue weighted by Gasteiger charge is -2.25. The minimum atomic E-state index is 0.795. The third kappa shape index (κ3) is 2.00. The van der Waals surface area contributed by atoms with Crippen molar-refractivity contribution in [3.63, 3.8) is 0 Å². The summed E-state index contributed by atoms with van der Waals surface area (Å²) in [5.41, 5.74) is 8.02. The van der Waals surface area contributed by atoms with Gasteiger partial charge in [-0.05, 0) is 61.1 Å². The molecule has 3 aliphatic carbocycles. The van der Waals surface area contributed by atoms with Crippen molar-refractivity contribution in [1.82, 2.24) is 0 Å². The van der Waals surface area contributed by atoms with E-state index in [1.165, 1.54) is 49.7 Å². The van der Waals surface area contributed by atoms with Gasteiger partial charge in [-0.1, -0.05) is 53.6 Å². The molecule has 1 aromatic carbocycles. The molecule has 0 saturated heterocycles. The van der Waals surface area contributed by atoms with Gasteiger partial charge in [0, 0.05) is 0 Å². The fourth-order valence-electron chi connectivity index (χ4n) is 3.96. The smallest absolute Gasteiger partial charge is 0.00576 e. The minimum absolute atomic E-state index is 0.795. The van der Waals surface area contributed by atoms with E-state index in [0.717, 1.165) is 5.92 Å². The molecular weight excluding hydrogens is 228 g/mol. The average Bonchev–Trinajstić information content (AvgIpc) is 3.04. The Kier molecular flexibility index (Phi) is 2.69. The van der Waals surface area contributed by atoms with Gasteiger partial charge in [-0.25, -0.2) is 0 Å². The first-order valence-electron chi connectivity index (χ1n) is 7.56. The van der Waals surface area contributed by atoms with E-state index in [1.807, 2.05) is 0 Å². The molecule has 96 valence electrons. The van der Waals surface area contributed by atoms with Crippen LogP contribution in [0.4, 0.5) is 0 Å². The SMILES string of the molecule is C1=CC2=C(C1)CCCC2CC1=Cc2ccccc2C1. The zero-order chi connectivity index (χ0) is 12.7. The molecular formula is C19H20. The van der Waals surface area contributed by atoms with Gasteiger partial charge in [0.2, 0.25) is 0 Å². The summed E-state index contributed by atoms with van der Waals surface area (Å²) in [6.07, 6.45) is 15.0. The maximum Gasteiger partial charge on any atom is -0.00576 e. The van der Waals surface area contributed by atoms with E-state index in [0.29, 0.717) is 0 Å². The third-order valence-corrected chi connectivity index (χ3v) is 4.88. The molecule has 19 heavy (non-hydrogen) atoms. The monoisotopic (exact) mass is 248 g/mol. The van der Waals surface area contributed by atoms with E-state index in [-0.39, 0.29) is 0 Å². The zero-order valence-corrected chi connectivity index (χ0v) is 11.4. The fraction of sp³-hybridized carbons (Fsp3) is 0.368. The topological polar surface area (TPSA) is 0 Å². The molecule has 3 aliphatic rings. The summed E-state index contributed by atoms with van der Waals surface area (Å²) in [4.78, 5) is 0. The molecule has 4 rings (SSSR count). The van der Waals surface area contributed by atoms with E-state index in [4.69, 9.17) is 0 Å². The van der Waals surface area contributed by atoms with Gasteiger partial charge < -0.3 is 0 Å². The molecule has 0 aromatic heterocycles. The average molecular weight is 248 g/mol. The lowest BCUT2D eigenvalue weighted by Crippen LogP contribution is -2.10. The van der Waals surface area contributed by atoms with Crippen molar-refractivity contribution in [3.05, 3.63) is 64.3 Å². The van der Waals surface area contributed by atoms with Crippen LogP contribution in [0.15, 0.2) is 53.1 Å². The van der Waals surface area contributed by atoms with Crippen LogP contribution >= 0.6 is 0 Å². The second-order valence-corrected chi connectivity index (χ2v) is 6.14. The molecule has 1 unspecified atom stereocenters. The normalized spacial score (nSPS) is 24.4. The highest BCUT2D eigenvalue weighted by Gasteiger charge is 2.25. The number of allylic oxidation sites excluding steroid dienone is 5. The molecule has 0 heteroatoms. The molecule has 0 saturated carbocycles. The Morgan fingerprint density at radius 3 is 3.05 bits per heavy atom. The van der Waals surface area contributed by atoms with Gasteiger partial charge in [-0.15, -0.1) is 0 Å². The molecule has 0 nitrogen and oxygen atoms in total. The molecule has 0 spiro atoms. The summed E-state index contributed by atoms with van der Waals surface area (Å²) in [5, 5.41) is 0. The van der Waals surface area contributed by atoms with Crippen molar-refractivity contribution in [2.75, 3.05) is 0 Å². The number of hydrogen-bond donors (Lipinski definition) is 0. The second-order valence-electron chi connectivity index (χ2n) is 6.14. The number of benzene rings is 1. The second kappa shape index (κ2) is 4.52. The van der Waals surface area contributed by atoms with Crippen molar-refractivity contribution < 1.29 is 0 Å². The summed E-state index contributed by atoms with van der Waals surface area (Å²) in [7, 11) is 0. The Hall–Kier alpha value is -1.56. The summed E-state index contributed by atoms with van der Waals surface area (Å²) < 4.78 is 0. The number of hydrogen-bond acceptors (Lipinski definition) is 0. The highest BCUT2D eigenvalue weighted by Crippen LogP contribution is 2.41. The van der Waals surface area contributed by atoms with E-state index >= 15 is 0 Å². The summed E-state index contributed by atoms with van der Waals surface area (Å²) >= 11 is 0. The van der Waals surface area contributed by atoms with Gasteiger partial charge in [0.15, 0.2) is 0 Å². The Morgan fingerprint density at radius 2 is 2.11 bits per heavy atom.